The zero-order valence-corrected chi connectivity index (χ0v) is 18.0. The first-order valence-electron chi connectivity index (χ1n) is 9.59. The van der Waals surface area contributed by atoms with Crippen LogP contribution < -0.4 is 14.8 Å². The van der Waals surface area contributed by atoms with E-state index in [-0.39, 0.29) is 23.5 Å². The number of methoxy groups -OCH3 is 1. The van der Waals surface area contributed by atoms with Crippen molar-refractivity contribution >= 4 is 16.7 Å². The van der Waals surface area contributed by atoms with Crippen LogP contribution in [0.3, 0.4) is 0 Å². The second kappa shape index (κ2) is 10.1. The molecule has 30 heavy (non-hydrogen) atoms. The topological polar surface area (TPSA) is 77.8 Å². The molecule has 0 aliphatic heterocycles. The SMILES string of the molecule is COc1ccc([S@](=O)Cc2ccc(C(=O)NCc3ccc(OC(C)C)cc3)o2)cc1. The van der Waals surface area contributed by atoms with E-state index in [0.717, 1.165) is 11.3 Å². The van der Waals surface area contributed by atoms with Crippen molar-refractivity contribution in [3.8, 4) is 11.5 Å². The smallest absolute Gasteiger partial charge is 0.287 e. The molecule has 3 rings (SSSR count). The van der Waals surface area contributed by atoms with Gasteiger partial charge in [-0.2, -0.15) is 0 Å². The van der Waals surface area contributed by atoms with Crippen LogP contribution >= 0.6 is 0 Å². The van der Waals surface area contributed by atoms with Gasteiger partial charge < -0.3 is 19.2 Å². The highest BCUT2D eigenvalue weighted by atomic mass is 32.2. The van der Waals surface area contributed by atoms with Crippen molar-refractivity contribution in [1.82, 2.24) is 5.32 Å². The van der Waals surface area contributed by atoms with Crippen LogP contribution in [0.15, 0.2) is 70.0 Å². The molecule has 0 saturated carbocycles. The number of hydrogen-bond acceptors (Lipinski definition) is 5. The van der Waals surface area contributed by atoms with E-state index < -0.39 is 10.8 Å². The second-order valence-corrected chi connectivity index (χ2v) is 8.38. The molecule has 0 aliphatic carbocycles. The molecule has 7 heteroatoms. The Hall–Kier alpha value is -3.06. The van der Waals surface area contributed by atoms with Crippen LogP contribution in [0.25, 0.3) is 0 Å². The molecule has 0 unspecified atom stereocenters. The van der Waals surface area contributed by atoms with E-state index in [4.69, 9.17) is 13.9 Å². The van der Waals surface area contributed by atoms with Crippen LogP contribution in [0.4, 0.5) is 0 Å². The van der Waals surface area contributed by atoms with Gasteiger partial charge in [0.25, 0.3) is 5.91 Å². The first kappa shape index (κ1) is 21.6. The normalized spacial score (nSPS) is 11.9. The quantitative estimate of drug-likeness (QED) is 0.550. The van der Waals surface area contributed by atoms with Gasteiger partial charge >= 0.3 is 0 Å². The number of rotatable bonds is 9. The first-order valence-corrected chi connectivity index (χ1v) is 10.9. The highest BCUT2D eigenvalue weighted by Gasteiger charge is 2.14. The Morgan fingerprint density at radius 2 is 1.67 bits per heavy atom. The van der Waals surface area contributed by atoms with Crippen LogP contribution in [0.1, 0.15) is 35.7 Å². The maximum absolute atomic E-state index is 12.5. The van der Waals surface area contributed by atoms with E-state index in [1.807, 2.05) is 38.1 Å². The molecule has 3 aromatic rings. The molecule has 1 aromatic heterocycles. The lowest BCUT2D eigenvalue weighted by Gasteiger charge is -2.10. The molecule has 1 heterocycles. The number of ether oxygens (including phenoxy) is 2. The van der Waals surface area contributed by atoms with E-state index in [0.29, 0.717) is 22.9 Å². The third-order valence-corrected chi connectivity index (χ3v) is 5.57. The molecule has 0 bridgehead atoms. The summed E-state index contributed by atoms with van der Waals surface area (Å²) >= 11 is 0. The molecule has 6 nitrogen and oxygen atoms in total. The number of carbonyl (C=O) groups excluding carboxylic acids is 1. The zero-order chi connectivity index (χ0) is 21.5. The maximum atomic E-state index is 12.5. The molecule has 158 valence electrons. The number of benzene rings is 2. The van der Waals surface area contributed by atoms with Gasteiger partial charge in [-0.3, -0.25) is 9.00 Å². The van der Waals surface area contributed by atoms with Crippen LogP contribution in [0.5, 0.6) is 11.5 Å². The van der Waals surface area contributed by atoms with Crippen molar-refractivity contribution in [2.75, 3.05) is 7.11 Å². The molecular weight excluding hydrogens is 402 g/mol. The average Bonchev–Trinajstić information content (AvgIpc) is 3.21. The second-order valence-electron chi connectivity index (χ2n) is 6.92. The fourth-order valence-corrected chi connectivity index (χ4v) is 3.76. The summed E-state index contributed by atoms with van der Waals surface area (Å²) in [6.45, 7) is 4.31. The largest absolute Gasteiger partial charge is 0.497 e. The van der Waals surface area contributed by atoms with Crippen molar-refractivity contribution in [2.45, 2.75) is 37.1 Å². The molecule has 0 radical (unpaired) electrons. The van der Waals surface area contributed by atoms with Crippen molar-refractivity contribution < 1.29 is 22.9 Å². The summed E-state index contributed by atoms with van der Waals surface area (Å²) in [7, 11) is 0.303. The van der Waals surface area contributed by atoms with Gasteiger partial charge in [-0.25, -0.2) is 0 Å². The average molecular weight is 428 g/mol. The Bertz CT molecular complexity index is 993. The molecule has 0 spiro atoms. The Kier molecular flexibility index (Phi) is 7.30. The molecule has 1 amide bonds. The number of hydrogen-bond donors (Lipinski definition) is 1. The third-order valence-electron chi connectivity index (χ3n) is 4.23. The zero-order valence-electron chi connectivity index (χ0n) is 17.2. The van der Waals surface area contributed by atoms with Gasteiger partial charge in [0.2, 0.25) is 0 Å². The van der Waals surface area contributed by atoms with Crippen LogP contribution in [0, 0.1) is 0 Å². The molecule has 0 saturated heterocycles. The Morgan fingerprint density at radius 1 is 1.00 bits per heavy atom. The third kappa shape index (κ3) is 5.97. The highest BCUT2D eigenvalue weighted by molar-refractivity contribution is 7.84. The predicted molar refractivity (Wildman–Crippen MR) is 115 cm³/mol. The number of carbonyl (C=O) groups is 1. The summed E-state index contributed by atoms with van der Waals surface area (Å²) < 4.78 is 28.8. The minimum absolute atomic E-state index is 0.114. The Morgan fingerprint density at radius 3 is 2.30 bits per heavy atom. The molecule has 0 fully saturated rings. The van der Waals surface area contributed by atoms with Gasteiger partial charge in [-0.05, 0) is 67.9 Å². The van der Waals surface area contributed by atoms with E-state index in [1.54, 1.807) is 43.5 Å². The summed E-state index contributed by atoms with van der Waals surface area (Å²) in [6, 6.07) is 17.9. The highest BCUT2D eigenvalue weighted by Crippen LogP contribution is 2.18. The van der Waals surface area contributed by atoms with E-state index in [2.05, 4.69) is 5.32 Å². The lowest BCUT2D eigenvalue weighted by atomic mass is 10.2. The predicted octanol–water partition coefficient (Wildman–Crippen LogP) is 4.31. The minimum Gasteiger partial charge on any atom is -0.497 e. The Labute approximate surface area is 178 Å². The van der Waals surface area contributed by atoms with Crippen molar-refractivity contribution in [3.63, 3.8) is 0 Å². The first-order chi connectivity index (χ1) is 14.4. The Balaban J connectivity index is 1.53. The molecule has 2 aromatic carbocycles. The summed E-state index contributed by atoms with van der Waals surface area (Å²) in [5.41, 5.74) is 0.951. The molecular formula is C23H25NO5S. The van der Waals surface area contributed by atoms with E-state index in [9.17, 15) is 9.00 Å². The van der Waals surface area contributed by atoms with Gasteiger partial charge in [0.15, 0.2) is 5.76 Å². The molecule has 1 atom stereocenters. The summed E-state index contributed by atoms with van der Waals surface area (Å²) in [6.07, 6.45) is 0.114. The number of furan rings is 1. The van der Waals surface area contributed by atoms with Gasteiger partial charge in [0.05, 0.1) is 29.8 Å². The van der Waals surface area contributed by atoms with Crippen LogP contribution in [0.2, 0.25) is 0 Å². The molecule has 0 aliphatic rings. The standard InChI is InChI=1S/C23H25NO5S/c1-16(2)28-19-6-4-17(5-7-19)14-24-23(25)22-13-10-20(29-22)15-30(26)21-11-8-18(27-3)9-12-21/h4-13,16H,14-15H2,1-3H3,(H,24,25)/t30-/m1/s1. The van der Waals surface area contributed by atoms with Crippen LogP contribution in [-0.2, 0) is 23.1 Å². The van der Waals surface area contributed by atoms with Crippen molar-refractivity contribution in [3.05, 3.63) is 77.7 Å². The van der Waals surface area contributed by atoms with Crippen LogP contribution in [-0.4, -0.2) is 23.3 Å². The summed E-state index contributed by atoms with van der Waals surface area (Å²) in [4.78, 5) is 13.0. The minimum atomic E-state index is -1.28. The van der Waals surface area contributed by atoms with Gasteiger partial charge in [0.1, 0.15) is 17.3 Å². The number of nitrogens with one attached hydrogen (secondary N) is 1. The lowest BCUT2D eigenvalue weighted by molar-refractivity contribution is 0.0921. The number of amides is 1. The monoisotopic (exact) mass is 427 g/mol. The van der Waals surface area contributed by atoms with Crippen molar-refractivity contribution in [2.24, 2.45) is 0 Å². The fraction of sp³-hybridized carbons (Fsp3) is 0.261. The van der Waals surface area contributed by atoms with E-state index >= 15 is 0 Å². The van der Waals surface area contributed by atoms with E-state index in [1.165, 1.54) is 0 Å². The summed E-state index contributed by atoms with van der Waals surface area (Å²) in [5.74, 6) is 2.05. The molecule has 1 N–H and O–H groups in total. The summed E-state index contributed by atoms with van der Waals surface area (Å²) in [5, 5.41) is 2.82. The maximum Gasteiger partial charge on any atom is 0.287 e. The van der Waals surface area contributed by atoms with Gasteiger partial charge in [0, 0.05) is 11.4 Å². The van der Waals surface area contributed by atoms with Gasteiger partial charge in [-0.1, -0.05) is 12.1 Å². The fourth-order valence-electron chi connectivity index (χ4n) is 2.75. The lowest BCUT2D eigenvalue weighted by Crippen LogP contribution is -2.22. The van der Waals surface area contributed by atoms with Gasteiger partial charge in [-0.15, -0.1) is 0 Å². The van der Waals surface area contributed by atoms with Crippen molar-refractivity contribution in [1.29, 1.82) is 0 Å².